The molecule has 2 aliphatic carbocycles. The fraction of sp³-hybridized carbons (Fsp3) is 0.571. The summed E-state index contributed by atoms with van der Waals surface area (Å²) >= 11 is 0. The number of nitriles is 1. The molecule has 2 heteroatoms. The zero-order valence-electron chi connectivity index (χ0n) is 13.8. The summed E-state index contributed by atoms with van der Waals surface area (Å²) in [4.78, 5) is 0. The van der Waals surface area contributed by atoms with Crippen molar-refractivity contribution >= 4 is 0 Å². The maximum absolute atomic E-state index is 13.9. The van der Waals surface area contributed by atoms with Crippen molar-refractivity contribution in [2.45, 2.75) is 57.3 Å². The molecule has 2 saturated carbocycles. The lowest BCUT2D eigenvalue weighted by atomic mass is 9.63. The Morgan fingerprint density at radius 3 is 2.70 bits per heavy atom. The smallest absolute Gasteiger partial charge is 0.141 e. The van der Waals surface area contributed by atoms with E-state index >= 15 is 0 Å². The molecule has 4 unspecified atom stereocenters. The standard InChI is InChI=1S/C21H26FN/c1-2-3-4-15-5-6-17-12-18(8-7-16(17)11-15)19-9-10-20(14-23)21(22)13-19/h2,9-10,13,15-18H,1,3-8,11-12H2. The van der Waals surface area contributed by atoms with E-state index in [2.05, 4.69) is 6.58 Å². The van der Waals surface area contributed by atoms with Gasteiger partial charge in [0.1, 0.15) is 11.9 Å². The maximum atomic E-state index is 13.9. The van der Waals surface area contributed by atoms with Gasteiger partial charge in [-0.25, -0.2) is 4.39 Å². The normalized spacial score (nSPS) is 30.3. The van der Waals surface area contributed by atoms with Gasteiger partial charge < -0.3 is 0 Å². The van der Waals surface area contributed by atoms with Gasteiger partial charge in [-0.2, -0.15) is 5.26 Å². The molecule has 0 aliphatic heterocycles. The monoisotopic (exact) mass is 311 g/mol. The van der Waals surface area contributed by atoms with Crippen LogP contribution in [0.2, 0.25) is 0 Å². The molecule has 1 aromatic carbocycles. The van der Waals surface area contributed by atoms with E-state index in [9.17, 15) is 4.39 Å². The van der Waals surface area contributed by atoms with Crippen LogP contribution in [0.25, 0.3) is 0 Å². The van der Waals surface area contributed by atoms with Crippen LogP contribution < -0.4 is 0 Å². The topological polar surface area (TPSA) is 23.8 Å². The summed E-state index contributed by atoms with van der Waals surface area (Å²) in [7, 11) is 0. The van der Waals surface area contributed by atoms with Crippen molar-refractivity contribution in [3.8, 4) is 6.07 Å². The van der Waals surface area contributed by atoms with Crippen LogP contribution in [0.4, 0.5) is 4.39 Å². The number of nitrogens with zero attached hydrogens (tertiary/aromatic N) is 1. The Hall–Kier alpha value is -1.62. The quantitative estimate of drug-likeness (QED) is 0.629. The number of allylic oxidation sites excluding steroid dienone is 1. The minimum absolute atomic E-state index is 0.158. The van der Waals surface area contributed by atoms with Crippen LogP contribution in [0, 0.1) is 34.9 Å². The van der Waals surface area contributed by atoms with Crippen LogP contribution in [0.3, 0.4) is 0 Å². The van der Waals surface area contributed by atoms with Crippen LogP contribution >= 0.6 is 0 Å². The lowest BCUT2D eigenvalue weighted by molar-refractivity contribution is 0.115. The average Bonchev–Trinajstić information content (AvgIpc) is 2.59. The van der Waals surface area contributed by atoms with E-state index < -0.39 is 0 Å². The van der Waals surface area contributed by atoms with Crippen molar-refractivity contribution < 1.29 is 4.39 Å². The number of benzene rings is 1. The Morgan fingerprint density at radius 2 is 1.96 bits per heavy atom. The van der Waals surface area contributed by atoms with E-state index in [1.807, 2.05) is 18.2 Å². The largest absolute Gasteiger partial charge is 0.206 e. The van der Waals surface area contributed by atoms with Gasteiger partial charge in [0.05, 0.1) is 5.56 Å². The first-order chi connectivity index (χ1) is 11.2. The molecule has 0 saturated heterocycles. The molecule has 2 fully saturated rings. The van der Waals surface area contributed by atoms with Gasteiger partial charge in [-0.1, -0.05) is 18.6 Å². The summed E-state index contributed by atoms with van der Waals surface area (Å²) in [6.07, 6.45) is 12.2. The minimum atomic E-state index is -0.361. The van der Waals surface area contributed by atoms with Gasteiger partial charge in [-0.15, -0.1) is 6.58 Å². The first kappa shape index (κ1) is 16.2. The molecule has 2 aliphatic rings. The predicted octanol–water partition coefficient (Wildman–Crippen LogP) is 5.96. The van der Waals surface area contributed by atoms with Gasteiger partial charge in [0.2, 0.25) is 0 Å². The maximum Gasteiger partial charge on any atom is 0.141 e. The third-order valence-corrected chi connectivity index (χ3v) is 6.09. The zero-order chi connectivity index (χ0) is 16.2. The molecule has 122 valence electrons. The SMILES string of the molecule is C=CCCC1CCC2CC(c3ccc(C#N)c(F)c3)CCC2C1. The molecular formula is C21H26FN. The summed E-state index contributed by atoms with van der Waals surface area (Å²) in [5, 5.41) is 8.86. The second-order valence-electron chi connectivity index (χ2n) is 7.43. The third kappa shape index (κ3) is 3.66. The van der Waals surface area contributed by atoms with E-state index in [1.54, 1.807) is 12.1 Å². The molecule has 0 heterocycles. The van der Waals surface area contributed by atoms with Crippen LogP contribution in [0.1, 0.15) is 68.4 Å². The predicted molar refractivity (Wildman–Crippen MR) is 91.5 cm³/mol. The first-order valence-electron chi connectivity index (χ1n) is 9.01. The Balaban J connectivity index is 1.62. The van der Waals surface area contributed by atoms with E-state index in [0.29, 0.717) is 5.92 Å². The van der Waals surface area contributed by atoms with Gasteiger partial charge >= 0.3 is 0 Å². The van der Waals surface area contributed by atoms with E-state index in [0.717, 1.165) is 29.7 Å². The summed E-state index contributed by atoms with van der Waals surface area (Å²) in [5.41, 5.74) is 1.25. The fourth-order valence-electron chi connectivity index (χ4n) is 4.78. The molecule has 1 aromatic rings. The summed E-state index contributed by atoms with van der Waals surface area (Å²) in [6, 6.07) is 7.11. The molecule has 0 amide bonds. The molecule has 0 radical (unpaired) electrons. The van der Waals surface area contributed by atoms with Crippen molar-refractivity contribution in [3.63, 3.8) is 0 Å². The van der Waals surface area contributed by atoms with Gasteiger partial charge in [0.15, 0.2) is 0 Å². The van der Waals surface area contributed by atoms with Gasteiger partial charge in [0.25, 0.3) is 0 Å². The van der Waals surface area contributed by atoms with Crippen molar-refractivity contribution in [2.24, 2.45) is 17.8 Å². The Morgan fingerprint density at radius 1 is 1.17 bits per heavy atom. The van der Waals surface area contributed by atoms with E-state index in [4.69, 9.17) is 5.26 Å². The lowest BCUT2D eigenvalue weighted by Gasteiger charge is -2.42. The van der Waals surface area contributed by atoms with Crippen LogP contribution in [-0.4, -0.2) is 0 Å². The number of fused-ring (bicyclic) bond motifs is 1. The first-order valence-corrected chi connectivity index (χ1v) is 9.01. The number of hydrogen-bond acceptors (Lipinski definition) is 1. The van der Waals surface area contributed by atoms with Gasteiger partial charge in [0, 0.05) is 0 Å². The fourth-order valence-corrected chi connectivity index (χ4v) is 4.78. The highest BCUT2D eigenvalue weighted by Crippen LogP contribution is 2.48. The molecule has 3 rings (SSSR count). The molecule has 0 spiro atoms. The highest BCUT2D eigenvalue weighted by molar-refractivity contribution is 5.35. The molecule has 1 nitrogen and oxygen atoms in total. The second-order valence-corrected chi connectivity index (χ2v) is 7.43. The molecule has 0 aromatic heterocycles. The van der Waals surface area contributed by atoms with Crippen molar-refractivity contribution in [1.82, 2.24) is 0 Å². The summed E-state index contributed by atoms with van der Waals surface area (Å²) < 4.78 is 13.9. The average molecular weight is 311 g/mol. The van der Waals surface area contributed by atoms with Crippen LogP contribution in [0.5, 0.6) is 0 Å². The molecule has 0 N–H and O–H groups in total. The van der Waals surface area contributed by atoms with E-state index in [1.165, 1.54) is 44.9 Å². The third-order valence-electron chi connectivity index (χ3n) is 6.09. The zero-order valence-corrected chi connectivity index (χ0v) is 13.8. The Kier molecular flexibility index (Phi) is 5.16. The molecule has 0 bridgehead atoms. The lowest BCUT2D eigenvalue weighted by Crippen LogP contribution is -2.30. The van der Waals surface area contributed by atoms with Gasteiger partial charge in [-0.3, -0.25) is 0 Å². The highest BCUT2D eigenvalue weighted by atomic mass is 19.1. The molecule has 23 heavy (non-hydrogen) atoms. The minimum Gasteiger partial charge on any atom is -0.206 e. The van der Waals surface area contributed by atoms with E-state index in [-0.39, 0.29) is 11.4 Å². The molecule has 4 atom stereocenters. The Bertz CT molecular complexity index is 600. The number of hydrogen-bond donors (Lipinski definition) is 0. The van der Waals surface area contributed by atoms with Crippen molar-refractivity contribution in [2.75, 3.05) is 0 Å². The van der Waals surface area contributed by atoms with Crippen molar-refractivity contribution in [3.05, 3.63) is 47.8 Å². The van der Waals surface area contributed by atoms with Gasteiger partial charge in [-0.05, 0) is 86.3 Å². The number of rotatable bonds is 4. The second kappa shape index (κ2) is 7.30. The van der Waals surface area contributed by atoms with Crippen LogP contribution in [0.15, 0.2) is 30.9 Å². The summed E-state index contributed by atoms with van der Waals surface area (Å²) in [6.45, 7) is 3.84. The Labute approximate surface area is 139 Å². The molecular weight excluding hydrogens is 285 g/mol. The highest BCUT2D eigenvalue weighted by Gasteiger charge is 2.35. The van der Waals surface area contributed by atoms with Crippen LogP contribution in [-0.2, 0) is 0 Å². The number of halogens is 1. The summed E-state index contributed by atoms with van der Waals surface area (Å²) in [5.74, 6) is 2.69. The van der Waals surface area contributed by atoms with Crippen molar-refractivity contribution in [1.29, 1.82) is 5.26 Å².